The van der Waals surface area contributed by atoms with Crippen LogP contribution in [0.15, 0.2) is 42.0 Å². The van der Waals surface area contributed by atoms with Crippen LogP contribution < -0.4 is 0 Å². The summed E-state index contributed by atoms with van der Waals surface area (Å²) < 4.78 is 5.54. The molecule has 9 atom stereocenters. The Balaban J connectivity index is 1.27. The summed E-state index contributed by atoms with van der Waals surface area (Å²) in [6.07, 6.45) is 10.3. The number of rotatable bonds is 6. The Morgan fingerprint density at radius 2 is 1.78 bits per heavy atom. The van der Waals surface area contributed by atoms with E-state index >= 15 is 0 Å². The van der Waals surface area contributed by atoms with Gasteiger partial charge in [-0.1, -0.05) is 57.2 Å². The molecule has 1 aromatic rings. The molecule has 5 rings (SSSR count). The van der Waals surface area contributed by atoms with E-state index in [2.05, 4.69) is 26.8 Å². The lowest BCUT2D eigenvalue weighted by atomic mass is 9.43. The first kappa shape index (κ1) is 26.7. The molecule has 1 N–H and O–H groups in total. The van der Waals surface area contributed by atoms with Gasteiger partial charge in [-0.3, -0.25) is 9.59 Å². The van der Waals surface area contributed by atoms with Crippen molar-refractivity contribution in [3.63, 3.8) is 0 Å². The van der Waals surface area contributed by atoms with E-state index in [4.69, 9.17) is 4.74 Å². The first-order valence-corrected chi connectivity index (χ1v) is 14.8. The summed E-state index contributed by atoms with van der Waals surface area (Å²) in [6, 6.07) is 9.86. The number of benzene rings is 1. The normalized spacial score (nSPS) is 41.0. The summed E-state index contributed by atoms with van der Waals surface area (Å²) in [5, 5.41) is 10.5. The molecular weight excluding hydrogens is 460 g/mol. The lowest BCUT2D eigenvalue weighted by Gasteiger charge is -2.61. The molecule has 4 aliphatic rings. The molecule has 0 aromatic heterocycles. The molecule has 0 bridgehead atoms. The van der Waals surface area contributed by atoms with Crippen molar-refractivity contribution in [2.45, 2.75) is 98.2 Å². The third-order valence-corrected chi connectivity index (χ3v) is 11.5. The van der Waals surface area contributed by atoms with Crippen molar-refractivity contribution < 1.29 is 19.4 Å². The summed E-state index contributed by atoms with van der Waals surface area (Å²) in [6.45, 7) is 9.56. The number of hydrogen-bond acceptors (Lipinski definition) is 4. The van der Waals surface area contributed by atoms with Crippen molar-refractivity contribution in [2.75, 3.05) is 0 Å². The summed E-state index contributed by atoms with van der Waals surface area (Å²) in [5.41, 5.74) is 2.30. The van der Waals surface area contributed by atoms with E-state index in [1.807, 2.05) is 37.3 Å². The predicted molar refractivity (Wildman–Crippen MR) is 145 cm³/mol. The number of ketones is 1. The molecule has 4 nitrogen and oxygen atoms in total. The zero-order valence-corrected chi connectivity index (χ0v) is 23.2. The molecule has 4 fully saturated rings. The fourth-order valence-electron chi connectivity index (χ4n) is 9.52. The van der Waals surface area contributed by atoms with E-state index in [1.165, 1.54) is 6.42 Å². The lowest BCUT2D eigenvalue weighted by molar-refractivity contribution is -0.150. The highest BCUT2D eigenvalue weighted by Gasteiger charge is 2.64. The maximum absolute atomic E-state index is 14.0. The Morgan fingerprint density at radius 3 is 2.51 bits per heavy atom. The number of aliphatic hydroxyl groups is 1. The number of esters is 1. The van der Waals surface area contributed by atoms with Crippen molar-refractivity contribution in [3.8, 4) is 0 Å². The Morgan fingerprint density at radius 1 is 1.08 bits per heavy atom. The third kappa shape index (κ3) is 4.62. The van der Waals surface area contributed by atoms with Gasteiger partial charge >= 0.3 is 5.97 Å². The zero-order chi connectivity index (χ0) is 26.4. The molecule has 0 spiro atoms. The number of hydrogen-bond donors (Lipinski definition) is 1. The lowest BCUT2D eigenvalue weighted by Crippen LogP contribution is -2.58. The van der Waals surface area contributed by atoms with Gasteiger partial charge in [0.2, 0.25) is 0 Å². The monoisotopic (exact) mass is 506 g/mol. The number of allylic oxidation sites excluding steroid dienone is 2. The maximum atomic E-state index is 14.0. The van der Waals surface area contributed by atoms with E-state index in [0.717, 1.165) is 56.1 Å². The Kier molecular flexibility index (Phi) is 7.44. The number of fused-ring (bicyclic) bond motifs is 5. The smallest absolute Gasteiger partial charge is 0.306 e. The van der Waals surface area contributed by atoms with E-state index in [0.29, 0.717) is 42.5 Å². The number of ether oxygens (including phenoxy) is 1. The van der Waals surface area contributed by atoms with Crippen LogP contribution >= 0.6 is 0 Å². The molecule has 4 saturated carbocycles. The van der Waals surface area contributed by atoms with Crippen LogP contribution in [0.25, 0.3) is 0 Å². The van der Waals surface area contributed by atoms with Crippen LogP contribution in [0.3, 0.4) is 0 Å². The molecule has 0 heterocycles. The van der Waals surface area contributed by atoms with Gasteiger partial charge in [0.1, 0.15) is 6.61 Å². The van der Waals surface area contributed by atoms with Gasteiger partial charge in [0.05, 0.1) is 6.10 Å². The van der Waals surface area contributed by atoms with Gasteiger partial charge in [0.15, 0.2) is 5.78 Å². The molecule has 202 valence electrons. The molecule has 0 saturated heterocycles. The molecule has 0 aliphatic heterocycles. The number of Topliss-reactive ketones (excluding diaryl/α,β-unsaturated/α-hetero) is 1. The maximum Gasteiger partial charge on any atom is 0.306 e. The van der Waals surface area contributed by atoms with Crippen LogP contribution in [-0.4, -0.2) is 23.0 Å². The van der Waals surface area contributed by atoms with E-state index in [1.54, 1.807) is 0 Å². The SMILES string of the molecule is C/C=C1\C(=O)[C@@H]2C3CCC([C@H](C)CCC(=O)OCc4ccccc4)[C@@]3(C)CCC2[C@@]2(C)CC[C@@H](O)C[C@@H]12. The van der Waals surface area contributed by atoms with Gasteiger partial charge in [-0.05, 0) is 110 Å². The molecule has 4 heteroatoms. The minimum atomic E-state index is -0.276. The second-order valence-corrected chi connectivity index (χ2v) is 13.2. The predicted octanol–water partition coefficient (Wildman–Crippen LogP) is 6.90. The van der Waals surface area contributed by atoms with Crippen molar-refractivity contribution in [1.82, 2.24) is 0 Å². The molecule has 4 aliphatic carbocycles. The first-order chi connectivity index (χ1) is 17.7. The van der Waals surface area contributed by atoms with Gasteiger partial charge in [0.25, 0.3) is 0 Å². The highest BCUT2D eigenvalue weighted by atomic mass is 16.5. The minimum Gasteiger partial charge on any atom is -0.461 e. The second-order valence-electron chi connectivity index (χ2n) is 13.2. The fourth-order valence-corrected chi connectivity index (χ4v) is 9.52. The van der Waals surface area contributed by atoms with E-state index < -0.39 is 0 Å². The summed E-state index contributed by atoms with van der Waals surface area (Å²) in [4.78, 5) is 26.5. The average Bonchev–Trinajstić information content (AvgIpc) is 3.25. The Labute approximate surface area is 223 Å². The van der Waals surface area contributed by atoms with Crippen LogP contribution in [0.1, 0.15) is 91.0 Å². The Hall–Kier alpha value is -1.94. The van der Waals surface area contributed by atoms with Crippen molar-refractivity contribution >= 4 is 11.8 Å². The minimum absolute atomic E-state index is 0.113. The van der Waals surface area contributed by atoms with E-state index in [9.17, 15) is 14.7 Å². The van der Waals surface area contributed by atoms with Crippen molar-refractivity contribution in [3.05, 3.63) is 47.5 Å². The average molecular weight is 507 g/mol. The summed E-state index contributed by atoms with van der Waals surface area (Å²) in [7, 11) is 0. The van der Waals surface area contributed by atoms with Gasteiger partial charge in [-0.25, -0.2) is 0 Å². The Bertz CT molecular complexity index is 1030. The molecule has 1 aromatic carbocycles. The van der Waals surface area contributed by atoms with Crippen LogP contribution in [0.2, 0.25) is 0 Å². The zero-order valence-electron chi connectivity index (χ0n) is 23.2. The molecule has 3 unspecified atom stereocenters. The van der Waals surface area contributed by atoms with Crippen LogP contribution in [0.5, 0.6) is 0 Å². The number of aliphatic hydroxyl groups excluding tert-OH is 1. The topological polar surface area (TPSA) is 63.6 Å². The van der Waals surface area contributed by atoms with Gasteiger partial charge in [-0.2, -0.15) is 0 Å². The standard InChI is InChI=1S/C33H46O4/c1-5-24-28-19-23(34)15-17-33(28,4)27-16-18-32(3)25(12-13-26(32)30(27)31(24)36)21(2)11-14-29(35)37-20-22-9-7-6-8-10-22/h5-10,21,23,25-28,30,34H,11-20H2,1-4H3/b24-5-/t21-,23-,25?,26?,27?,28+,30-,32-,33-/m1/s1. The quantitative estimate of drug-likeness (QED) is 0.337. The van der Waals surface area contributed by atoms with E-state index in [-0.39, 0.29) is 34.7 Å². The first-order valence-electron chi connectivity index (χ1n) is 14.8. The third-order valence-electron chi connectivity index (χ3n) is 11.5. The number of carbonyl (C=O) groups excluding carboxylic acids is 2. The summed E-state index contributed by atoms with van der Waals surface area (Å²) in [5.74, 6) is 2.43. The molecule has 37 heavy (non-hydrogen) atoms. The van der Waals surface area contributed by atoms with Gasteiger partial charge in [0, 0.05) is 12.3 Å². The van der Waals surface area contributed by atoms with Crippen LogP contribution in [0, 0.1) is 46.3 Å². The van der Waals surface area contributed by atoms with Gasteiger partial charge < -0.3 is 9.84 Å². The van der Waals surface area contributed by atoms with Crippen LogP contribution in [-0.2, 0) is 20.9 Å². The van der Waals surface area contributed by atoms with Gasteiger partial charge in [-0.15, -0.1) is 0 Å². The molecular formula is C33H46O4. The fraction of sp³-hybridized carbons (Fsp3) is 0.697. The molecule has 0 radical (unpaired) electrons. The van der Waals surface area contributed by atoms with Crippen molar-refractivity contribution in [2.24, 2.45) is 46.3 Å². The number of carbonyl (C=O) groups is 2. The van der Waals surface area contributed by atoms with Crippen LogP contribution in [0.4, 0.5) is 0 Å². The second kappa shape index (κ2) is 10.3. The molecule has 0 amide bonds. The van der Waals surface area contributed by atoms with Crippen molar-refractivity contribution in [1.29, 1.82) is 0 Å². The highest BCUT2D eigenvalue weighted by Crippen LogP contribution is 2.68. The summed E-state index contributed by atoms with van der Waals surface area (Å²) >= 11 is 0. The highest BCUT2D eigenvalue weighted by molar-refractivity contribution is 5.99. The largest absolute Gasteiger partial charge is 0.461 e.